The molecule has 0 saturated heterocycles. The van der Waals surface area contributed by atoms with Crippen LogP contribution in [0.2, 0.25) is 5.15 Å². The Hall–Kier alpha value is -4.80. The van der Waals surface area contributed by atoms with Crippen LogP contribution in [0.5, 0.6) is 0 Å². The van der Waals surface area contributed by atoms with Crippen molar-refractivity contribution in [3.8, 4) is 22.6 Å². The molecule has 3 heterocycles. The van der Waals surface area contributed by atoms with Crippen LogP contribution in [0.15, 0.2) is 105 Å². The van der Waals surface area contributed by atoms with Crippen molar-refractivity contribution >= 4 is 34.8 Å². The molecule has 0 amide bonds. The van der Waals surface area contributed by atoms with Crippen LogP contribution >= 0.6 is 22.9 Å². The highest BCUT2D eigenvalue weighted by Crippen LogP contribution is 2.24. The van der Waals surface area contributed by atoms with E-state index in [1.54, 1.807) is 37.1 Å². The van der Waals surface area contributed by atoms with Gasteiger partial charge in [0.25, 0.3) is 5.56 Å². The summed E-state index contributed by atoms with van der Waals surface area (Å²) in [6.45, 7) is 3.69. The second-order valence-corrected chi connectivity index (χ2v) is 10.7. The van der Waals surface area contributed by atoms with Crippen LogP contribution in [0.4, 0.5) is 10.1 Å². The number of halogens is 2. The Morgan fingerprint density at radius 2 is 1.60 bits per heavy atom. The first kappa shape index (κ1) is 27.4. The normalized spacial score (nSPS) is 12.1. The molecule has 0 radical (unpaired) electrons. The van der Waals surface area contributed by atoms with Crippen LogP contribution < -0.4 is 10.4 Å². The van der Waals surface area contributed by atoms with Gasteiger partial charge in [-0.1, -0.05) is 60.1 Å². The summed E-state index contributed by atoms with van der Waals surface area (Å²) in [6.07, 6.45) is 1.63. The summed E-state index contributed by atoms with van der Waals surface area (Å²) in [5, 5.41) is 11.6. The van der Waals surface area contributed by atoms with Crippen molar-refractivity contribution in [1.29, 1.82) is 0 Å². The maximum atomic E-state index is 13.6. The zero-order valence-electron chi connectivity index (χ0n) is 22.9. The minimum absolute atomic E-state index is 0.231. The van der Waals surface area contributed by atoms with Gasteiger partial charge in [-0.05, 0) is 50.2 Å². The van der Waals surface area contributed by atoms with Crippen molar-refractivity contribution in [2.75, 3.05) is 0 Å². The Bertz CT molecular complexity index is 2050. The minimum Gasteiger partial charge on any atom is -0.283 e. The molecule has 6 aromatic rings. The van der Waals surface area contributed by atoms with Gasteiger partial charge >= 0.3 is 0 Å². The molecule has 0 aliphatic heterocycles. The monoisotopic (exact) mass is 597 g/mol. The molecule has 0 spiro atoms. The second kappa shape index (κ2) is 11.2. The lowest BCUT2D eigenvalue weighted by Gasteiger charge is -2.07. The smallest absolute Gasteiger partial charge is 0.283 e. The maximum absolute atomic E-state index is 13.6. The molecule has 6 rings (SSSR count). The number of nitrogens with zero attached hydrogens (tertiary/aromatic N) is 7. The van der Waals surface area contributed by atoms with Crippen molar-refractivity contribution in [3.05, 3.63) is 133 Å². The molecule has 11 heteroatoms. The summed E-state index contributed by atoms with van der Waals surface area (Å²) >= 11 is 8.11. The lowest BCUT2D eigenvalue weighted by atomic mass is 10.2. The molecule has 42 heavy (non-hydrogen) atoms. The first-order valence-corrected chi connectivity index (χ1v) is 14.3. The van der Waals surface area contributed by atoms with E-state index >= 15 is 0 Å². The van der Waals surface area contributed by atoms with E-state index in [-0.39, 0.29) is 11.4 Å². The third kappa shape index (κ3) is 4.95. The van der Waals surface area contributed by atoms with Crippen LogP contribution in [-0.4, -0.2) is 30.0 Å². The fraction of sp³-hybridized carbons (Fsp3) is 0.0968. The zero-order valence-corrected chi connectivity index (χ0v) is 24.5. The number of aromatic nitrogens is 5. The molecule has 3 aromatic heterocycles. The largest absolute Gasteiger partial charge is 0.297 e. The Balaban J connectivity index is 1.50. The molecule has 0 saturated carbocycles. The fourth-order valence-corrected chi connectivity index (χ4v) is 5.76. The number of para-hydroxylation sites is 1. The van der Waals surface area contributed by atoms with Gasteiger partial charge in [-0.25, -0.2) is 23.4 Å². The molecule has 3 aromatic carbocycles. The Morgan fingerprint density at radius 1 is 0.929 bits per heavy atom. The highest BCUT2D eigenvalue weighted by atomic mass is 35.5. The summed E-state index contributed by atoms with van der Waals surface area (Å²) in [5.74, 6) is -0.344. The molecule has 0 unspecified atom stereocenters. The average Bonchev–Trinajstić information content (AvgIpc) is 3.60. The van der Waals surface area contributed by atoms with Gasteiger partial charge in [-0.15, -0.1) is 11.3 Å². The van der Waals surface area contributed by atoms with E-state index in [0.29, 0.717) is 38.3 Å². The van der Waals surface area contributed by atoms with E-state index in [4.69, 9.17) is 21.7 Å². The molecule has 0 aliphatic rings. The minimum atomic E-state index is -0.344. The fourth-order valence-electron chi connectivity index (χ4n) is 4.60. The standard InChI is InChI=1S/C31H25ClFN7OS/c1-20-26(29(32)38(36-20)24-16-14-23(33)15-17-24)18-34-39-27(22-10-6-4-7-11-22)19-42-31(39)35-28-21(2)37(3)40(30(28)41)25-12-8-5-9-13-25/h4-19H,1-3H3. The number of hydrogen-bond donors (Lipinski definition) is 0. The molecule has 0 N–H and O–H groups in total. The summed E-state index contributed by atoms with van der Waals surface area (Å²) < 4.78 is 20.1. The van der Waals surface area contributed by atoms with Crippen LogP contribution in [0.25, 0.3) is 22.6 Å². The van der Waals surface area contributed by atoms with Gasteiger partial charge in [0.1, 0.15) is 11.0 Å². The van der Waals surface area contributed by atoms with Gasteiger partial charge in [-0.3, -0.25) is 9.48 Å². The summed E-state index contributed by atoms with van der Waals surface area (Å²) in [6, 6.07) is 25.2. The first-order valence-electron chi connectivity index (χ1n) is 13.0. The van der Waals surface area contributed by atoms with Gasteiger partial charge in [0.05, 0.1) is 40.2 Å². The highest BCUT2D eigenvalue weighted by molar-refractivity contribution is 7.07. The molecular weight excluding hydrogens is 573 g/mol. The highest BCUT2D eigenvalue weighted by Gasteiger charge is 2.18. The Morgan fingerprint density at radius 3 is 2.29 bits per heavy atom. The zero-order chi connectivity index (χ0) is 29.4. The van der Waals surface area contributed by atoms with E-state index in [9.17, 15) is 9.18 Å². The first-order chi connectivity index (χ1) is 20.3. The van der Waals surface area contributed by atoms with Crippen LogP contribution in [-0.2, 0) is 7.05 Å². The summed E-state index contributed by atoms with van der Waals surface area (Å²) in [7, 11) is 1.84. The quantitative estimate of drug-likeness (QED) is 0.208. The van der Waals surface area contributed by atoms with Crippen LogP contribution in [0, 0.1) is 19.7 Å². The van der Waals surface area contributed by atoms with Gasteiger partial charge < -0.3 is 0 Å². The van der Waals surface area contributed by atoms with Crippen molar-refractivity contribution in [2.45, 2.75) is 13.8 Å². The molecule has 210 valence electrons. The predicted molar refractivity (Wildman–Crippen MR) is 165 cm³/mol. The van der Waals surface area contributed by atoms with Gasteiger partial charge in [-0.2, -0.15) is 10.2 Å². The molecular formula is C31H25ClFN7OS. The lowest BCUT2D eigenvalue weighted by Crippen LogP contribution is -2.19. The number of hydrogen-bond acceptors (Lipinski definition) is 5. The van der Waals surface area contributed by atoms with Crippen molar-refractivity contribution in [2.24, 2.45) is 17.1 Å². The third-order valence-corrected chi connectivity index (χ3v) is 8.09. The van der Waals surface area contributed by atoms with Crippen LogP contribution in [0.3, 0.4) is 0 Å². The average molecular weight is 598 g/mol. The lowest BCUT2D eigenvalue weighted by molar-refractivity contribution is 0.627. The molecule has 0 fully saturated rings. The maximum Gasteiger partial charge on any atom is 0.297 e. The van der Waals surface area contributed by atoms with Gasteiger partial charge in [0, 0.05) is 18.0 Å². The topological polar surface area (TPSA) is 74.4 Å². The number of thiazole rings is 1. The number of rotatable bonds is 6. The van der Waals surface area contributed by atoms with Gasteiger partial charge in [0.15, 0.2) is 5.69 Å². The van der Waals surface area contributed by atoms with Crippen LogP contribution in [0.1, 0.15) is 17.0 Å². The van der Waals surface area contributed by atoms with E-state index in [1.807, 2.05) is 86.9 Å². The Labute approximate surface area is 249 Å². The Kier molecular flexibility index (Phi) is 7.32. The van der Waals surface area contributed by atoms with Crippen molar-refractivity contribution in [1.82, 2.24) is 23.8 Å². The van der Waals surface area contributed by atoms with E-state index in [2.05, 4.69) is 5.10 Å². The molecule has 0 aliphatic carbocycles. The van der Waals surface area contributed by atoms with E-state index in [1.165, 1.54) is 23.5 Å². The number of benzene rings is 3. The second-order valence-electron chi connectivity index (χ2n) is 9.53. The van der Waals surface area contributed by atoms with E-state index < -0.39 is 0 Å². The summed E-state index contributed by atoms with van der Waals surface area (Å²) in [4.78, 5) is 18.9. The third-order valence-electron chi connectivity index (χ3n) is 6.91. The number of aryl methyl sites for hydroxylation is 1. The molecule has 8 nitrogen and oxygen atoms in total. The summed E-state index contributed by atoms with van der Waals surface area (Å²) in [5.41, 5.74) is 5.17. The van der Waals surface area contributed by atoms with Gasteiger partial charge in [0.2, 0.25) is 4.80 Å². The molecule has 0 bridgehead atoms. The predicted octanol–water partition coefficient (Wildman–Crippen LogP) is 6.42. The van der Waals surface area contributed by atoms with Crippen molar-refractivity contribution in [3.63, 3.8) is 0 Å². The van der Waals surface area contributed by atoms with Crippen molar-refractivity contribution < 1.29 is 4.39 Å². The molecule has 0 atom stereocenters. The van der Waals surface area contributed by atoms with E-state index in [0.717, 1.165) is 16.9 Å². The SMILES string of the molecule is Cc1nn(-c2ccc(F)cc2)c(Cl)c1C=Nn1c(-c2ccccc2)csc1=Nc1c(C)n(C)n(-c2ccccc2)c1=O.